The molecule has 1 unspecified atom stereocenters. The van der Waals surface area contributed by atoms with Gasteiger partial charge in [0.2, 0.25) is 0 Å². The Labute approximate surface area is 153 Å². The molecule has 0 aromatic heterocycles. The zero-order valence-corrected chi connectivity index (χ0v) is 17.5. The molecule has 1 atom stereocenters. The third-order valence-electron chi connectivity index (χ3n) is 4.18. The number of carbonyl (C=O) groups excluding carboxylic acids is 2. The summed E-state index contributed by atoms with van der Waals surface area (Å²) < 4.78 is 10.5. The molecule has 0 aromatic carbocycles. The van der Waals surface area contributed by atoms with Crippen molar-refractivity contribution in [3.63, 3.8) is 0 Å². The molecule has 0 bridgehead atoms. The summed E-state index contributed by atoms with van der Waals surface area (Å²) >= 11 is 0. The van der Waals surface area contributed by atoms with E-state index in [1.807, 2.05) is 13.0 Å². The van der Waals surface area contributed by atoms with Crippen molar-refractivity contribution in [3.05, 3.63) is 12.2 Å². The Morgan fingerprint density at radius 2 is 1.68 bits per heavy atom. The maximum Gasteiger partial charge on any atom is 0.325 e. The number of esters is 2. The molecule has 4 nitrogen and oxygen atoms in total. The van der Waals surface area contributed by atoms with Gasteiger partial charge in [-0.2, -0.15) is 0 Å². The normalized spacial score (nSPS) is 16.1. The van der Waals surface area contributed by atoms with Gasteiger partial charge < -0.3 is 9.47 Å². The van der Waals surface area contributed by atoms with E-state index in [4.69, 9.17) is 9.47 Å². The van der Waals surface area contributed by atoms with Crippen LogP contribution in [0.25, 0.3) is 0 Å². The molecular weight excluding hydrogens is 332 g/mol. The fraction of sp³-hybridized carbons (Fsp3) is 0.700. The molecule has 1 fully saturated rings. The second-order valence-electron chi connectivity index (χ2n) is 7.65. The number of rotatable bonds is 8. The van der Waals surface area contributed by atoms with Gasteiger partial charge in [-0.05, 0) is 32.6 Å². The summed E-state index contributed by atoms with van der Waals surface area (Å²) in [6.45, 7) is 12.2. The minimum Gasteiger partial charge on any atom is -0.465 e. The Morgan fingerprint density at radius 3 is 2.08 bits per heavy atom. The zero-order valence-electron chi connectivity index (χ0n) is 16.5. The molecule has 0 radical (unpaired) electrons. The van der Waals surface area contributed by atoms with Crippen LogP contribution in [0.4, 0.5) is 0 Å². The molecule has 25 heavy (non-hydrogen) atoms. The van der Waals surface area contributed by atoms with Crippen LogP contribution in [0.5, 0.6) is 0 Å². The Balaban J connectivity index is 3.25. The molecule has 140 valence electrons. The van der Waals surface area contributed by atoms with Gasteiger partial charge in [0.1, 0.15) is 8.07 Å². The highest BCUT2D eigenvalue weighted by Gasteiger charge is 2.52. The van der Waals surface area contributed by atoms with Crippen molar-refractivity contribution in [2.45, 2.75) is 59.7 Å². The lowest BCUT2D eigenvalue weighted by molar-refractivity contribution is -0.174. The van der Waals surface area contributed by atoms with Crippen LogP contribution in [-0.2, 0) is 19.1 Å². The van der Waals surface area contributed by atoms with Crippen molar-refractivity contribution in [2.75, 3.05) is 13.2 Å². The SMILES string of the molecule is CCOC(=O)C(CC#C[Si](C)(C)C)(C(=O)OCC)C(C)/C=C/C1CC1. The number of hydrogen-bond acceptors (Lipinski definition) is 4. The van der Waals surface area contributed by atoms with E-state index < -0.39 is 25.4 Å². The Hall–Kier alpha value is -1.54. The number of carbonyl (C=O) groups is 2. The van der Waals surface area contributed by atoms with Crippen LogP contribution >= 0.6 is 0 Å². The lowest BCUT2D eigenvalue weighted by Gasteiger charge is -2.31. The fourth-order valence-electron chi connectivity index (χ4n) is 2.51. The first-order chi connectivity index (χ1) is 11.7. The van der Waals surface area contributed by atoms with Crippen LogP contribution in [0.3, 0.4) is 0 Å². The summed E-state index contributed by atoms with van der Waals surface area (Å²) in [5.74, 6) is 2.27. The van der Waals surface area contributed by atoms with E-state index in [0.29, 0.717) is 5.92 Å². The van der Waals surface area contributed by atoms with Crippen LogP contribution in [0, 0.1) is 28.7 Å². The lowest BCUT2D eigenvalue weighted by Crippen LogP contribution is -2.46. The first kappa shape index (κ1) is 21.5. The van der Waals surface area contributed by atoms with Crippen LogP contribution < -0.4 is 0 Å². The molecule has 1 rings (SSSR count). The molecule has 0 N–H and O–H groups in total. The zero-order chi connectivity index (χ0) is 19.1. The first-order valence-corrected chi connectivity index (χ1v) is 12.7. The highest BCUT2D eigenvalue weighted by atomic mass is 28.3. The topological polar surface area (TPSA) is 52.6 Å². The number of hydrogen-bond donors (Lipinski definition) is 0. The van der Waals surface area contributed by atoms with Crippen molar-refractivity contribution in [1.29, 1.82) is 0 Å². The Morgan fingerprint density at radius 1 is 1.16 bits per heavy atom. The maximum atomic E-state index is 12.8. The Kier molecular flexibility index (Phi) is 7.94. The fourth-order valence-corrected chi connectivity index (χ4v) is 3.12. The van der Waals surface area contributed by atoms with Crippen molar-refractivity contribution >= 4 is 20.0 Å². The summed E-state index contributed by atoms with van der Waals surface area (Å²) in [7, 11) is -1.61. The van der Waals surface area contributed by atoms with Gasteiger partial charge in [0.05, 0.1) is 13.2 Å². The molecule has 0 spiro atoms. The van der Waals surface area contributed by atoms with Crippen molar-refractivity contribution < 1.29 is 19.1 Å². The monoisotopic (exact) mass is 364 g/mol. The molecule has 0 aromatic rings. The van der Waals surface area contributed by atoms with Gasteiger partial charge in [-0.25, -0.2) is 0 Å². The summed E-state index contributed by atoms with van der Waals surface area (Å²) in [4.78, 5) is 25.7. The largest absolute Gasteiger partial charge is 0.465 e. The summed E-state index contributed by atoms with van der Waals surface area (Å²) in [6.07, 6.45) is 6.53. The van der Waals surface area contributed by atoms with Crippen LogP contribution in [-0.4, -0.2) is 33.2 Å². The van der Waals surface area contributed by atoms with Crippen LogP contribution in [0.15, 0.2) is 12.2 Å². The van der Waals surface area contributed by atoms with Gasteiger partial charge in [-0.15, -0.1) is 11.5 Å². The van der Waals surface area contributed by atoms with Gasteiger partial charge in [0.25, 0.3) is 0 Å². The van der Waals surface area contributed by atoms with E-state index in [2.05, 4.69) is 37.2 Å². The highest BCUT2D eigenvalue weighted by molar-refractivity contribution is 6.83. The third kappa shape index (κ3) is 6.35. The molecule has 1 saturated carbocycles. The molecule has 0 saturated heterocycles. The molecular formula is C20H32O4Si. The van der Waals surface area contributed by atoms with Gasteiger partial charge in [-0.3, -0.25) is 9.59 Å². The van der Waals surface area contributed by atoms with E-state index in [9.17, 15) is 9.59 Å². The molecule has 0 aliphatic heterocycles. The van der Waals surface area contributed by atoms with Gasteiger partial charge in [-0.1, -0.05) is 38.7 Å². The van der Waals surface area contributed by atoms with Crippen molar-refractivity contribution in [2.24, 2.45) is 17.3 Å². The van der Waals surface area contributed by atoms with Gasteiger partial charge in [0.15, 0.2) is 5.41 Å². The third-order valence-corrected chi connectivity index (χ3v) is 5.11. The summed E-state index contributed by atoms with van der Waals surface area (Å²) in [5.41, 5.74) is 1.85. The first-order valence-electron chi connectivity index (χ1n) is 9.20. The second kappa shape index (κ2) is 9.24. The van der Waals surface area contributed by atoms with Crippen LogP contribution in [0.1, 0.15) is 40.0 Å². The highest BCUT2D eigenvalue weighted by Crippen LogP contribution is 2.38. The maximum absolute atomic E-state index is 12.8. The standard InChI is InChI=1S/C20H32O4Si/c1-7-23-18(21)20(19(22)24-8-2,14-9-15-25(4,5)6)16(3)10-11-17-12-13-17/h10-11,16-17H,7-8,12-14H2,1-6H3/b11-10+. The van der Waals surface area contributed by atoms with E-state index in [1.54, 1.807) is 13.8 Å². The lowest BCUT2D eigenvalue weighted by atomic mass is 9.73. The molecule has 0 heterocycles. The van der Waals surface area contributed by atoms with Crippen molar-refractivity contribution in [1.82, 2.24) is 0 Å². The smallest absolute Gasteiger partial charge is 0.325 e. The minimum absolute atomic E-state index is 0.130. The van der Waals surface area contributed by atoms with E-state index in [1.165, 1.54) is 12.8 Å². The quantitative estimate of drug-likeness (QED) is 0.215. The molecule has 1 aliphatic carbocycles. The average molecular weight is 365 g/mol. The van der Waals surface area contributed by atoms with Gasteiger partial charge >= 0.3 is 11.9 Å². The summed E-state index contributed by atoms with van der Waals surface area (Å²) in [5, 5.41) is 0. The van der Waals surface area contributed by atoms with E-state index in [0.717, 1.165) is 0 Å². The summed E-state index contributed by atoms with van der Waals surface area (Å²) in [6, 6.07) is 0. The molecule has 5 heteroatoms. The minimum atomic E-state index is -1.61. The number of ether oxygens (including phenoxy) is 2. The Bertz CT molecular complexity index is 540. The average Bonchev–Trinajstić information content (AvgIpc) is 3.32. The van der Waals surface area contributed by atoms with E-state index in [-0.39, 0.29) is 25.6 Å². The van der Waals surface area contributed by atoms with Crippen molar-refractivity contribution in [3.8, 4) is 11.5 Å². The predicted octanol–water partition coefficient (Wildman–Crippen LogP) is 3.97. The van der Waals surface area contributed by atoms with Crippen LogP contribution in [0.2, 0.25) is 19.6 Å². The van der Waals surface area contributed by atoms with Gasteiger partial charge in [0, 0.05) is 12.3 Å². The predicted molar refractivity (Wildman–Crippen MR) is 102 cm³/mol. The number of allylic oxidation sites excluding steroid dienone is 2. The molecule has 1 aliphatic rings. The second-order valence-corrected chi connectivity index (χ2v) is 12.4. The molecule has 0 amide bonds. The van der Waals surface area contributed by atoms with E-state index >= 15 is 0 Å².